The summed E-state index contributed by atoms with van der Waals surface area (Å²) >= 11 is 2.22. The van der Waals surface area contributed by atoms with Crippen molar-refractivity contribution in [3.63, 3.8) is 0 Å². The summed E-state index contributed by atoms with van der Waals surface area (Å²) < 4.78 is 6.65. The molecular formula is C16H22INO2. The number of rotatable bonds is 2. The maximum absolute atomic E-state index is 12.5. The van der Waals surface area contributed by atoms with Crippen LogP contribution in [0.15, 0.2) is 24.3 Å². The van der Waals surface area contributed by atoms with E-state index < -0.39 is 0 Å². The molecule has 1 fully saturated rings. The minimum absolute atomic E-state index is 0.0122. The van der Waals surface area contributed by atoms with Crippen LogP contribution >= 0.6 is 22.6 Å². The molecule has 3 nitrogen and oxygen atoms in total. The Labute approximate surface area is 134 Å². The summed E-state index contributed by atoms with van der Waals surface area (Å²) in [6, 6.07) is 7.60. The van der Waals surface area contributed by atoms with Crippen molar-refractivity contribution in [3.05, 3.63) is 27.8 Å². The molecule has 4 heteroatoms. The first-order valence-corrected chi connectivity index (χ1v) is 7.94. The predicted octanol–water partition coefficient (Wildman–Crippen LogP) is 3.71. The van der Waals surface area contributed by atoms with E-state index >= 15 is 0 Å². The van der Waals surface area contributed by atoms with Crippen molar-refractivity contribution in [2.75, 3.05) is 7.05 Å². The molecule has 0 radical (unpaired) electrons. The lowest BCUT2D eigenvalue weighted by Gasteiger charge is -2.37. The number of carbonyl (C=O) groups excluding carboxylic acids is 1. The number of hydrogen-bond donors (Lipinski definition) is 0. The van der Waals surface area contributed by atoms with Crippen LogP contribution < -0.4 is 4.74 Å². The Morgan fingerprint density at radius 2 is 2.00 bits per heavy atom. The van der Waals surface area contributed by atoms with Gasteiger partial charge in [0.25, 0.3) is 0 Å². The van der Waals surface area contributed by atoms with Gasteiger partial charge in [0.05, 0.1) is 5.92 Å². The number of ether oxygens (including phenoxy) is 1. The number of esters is 1. The molecular weight excluding hydrogens is 365 g/mol. The molecule has 0 bridgehead atoms. The van der Waals surface area contributed by atoms with Crippen LogP contribution in [0.5, 0.6) is 5.75 Å². The molecule has 1 aromatic carbocycles. The summed E-state index contributed by atoms with van der Waals surface area (Å²) in [5.41, 5.74) is -0.180. The molecule has 1 aliphatic heterocycles. The molecule has 1 aliphatic rings. The number of nitrogens with zero attached hydrogens (tertiary/aromatic N) is 1. The van der Waals surface area contributed by atoms with E-state index in [1.54, 1.807) is 0 Å². The van der Waals surface area contributed by atoms with E-state index in [1.165, 1.54) is 0 Å². The van der Waals surface area contributed by atoms with Gasteiger partial charge >= 0.3 is 5.97 Å². The van der Waals surface area contributed by atoms with Crippen molar-refractivity contribution in [2.24, 2.45) is 5.92 Å². The average molecular weight is 387 g/mol. The molecule has 1 saturated heterocycles. The molecule has 0 amide bonds. The first-order chi connectivity index (χ1) is 9.14. The lowest BCUT2D eigenvalue weighted by molar-refractivity contribution is -0.141. The van der Waals surface area contributed by atoms with Crippen LogP contribution in [0, 0.1) is 9.49 Å². The minimum Gasteiger partial charge on any atom is -0.426 e. The number of benzene rings is 1. The van der Waals surface area contributed by atoms with Crippen molar-refractivity contribution < 1.29 is 9.53 Å². The Bertz CT molecular complexity index is 525. The third kappa shape index (κ3) is 2.86. The Morgan fingerprint density at radius 1 is 1.35 bits per heavy atom. The molecule has 0 saturated carbocycles. The lowest BCUT2D eigenvalue weighted by atomic mass is 9.87. The number of carbonyl (C=O) groups is 1. The summed E-state index contributed by atoms with van der Waals surface area (Å²) in [6.45, 7) is 8.58. The summed E-state index contributed by atoms with van der Waals surface area (Å²) in [5.74, 6) is 0.389. The van der Waals surface area contributed by atoms with Gasteiger partial charge in [-0.1, -0.05) is 6.07 Å². The van der Waals surface area contributed by atoms with Gasteiger partial charge in [-0.2, -0.15) is 0 Å². The Morgan fingerprint density at radius 3 is 2.50 bits per heavy atom. The van der Waals surface area contributed by atoms with Gasteiger partial charge in [0.15, 0.2) is 0 Å². The first-order valence-electron chi connectivity index (χ1n) is 6.86. The fourth-order valence-corrected chi connectivity index (χ4v) is 3.50. The lowest BCUT2D eigenvalue weighted by Crippen LogP contribution is -2.48. The minimum atomic E-state index is -0.192. The van der Waals surface area contributed by atoms with Crippen molar-refractivity contribution in [1.29, 1.82) is 0 Å². The smallest absolute Gasteiger partial charge is 0.316 e. The molecule has 20 heavy (non-hydrogen) atoms. The normalized spacial score (nSPS) is 24.6. The van der Waals surface area contributed by atoms with Gasteiger partial charge in [0.1, 0.15) is 5.75 Å². The van der Waals surface area contributed by atoms with Crippen molar-refractivity contribution in [1.82, 2.24) is 4.90 Å². The predicted molar refractivity (Wildman–Crippen MR) is 88.8 cm³/mol. The first kappa shape index (κ1) is 15.8. The van der Waals surface area contributed by atoms with Crippen LogP contribution in [0.2, 0.25) is 0 Å². The van der Waals surface area contributed by atoms with Gasteiger partial charge < -0.3 is 4.74 Å². The second kappa shape index (κ2) is 5.30. The third-order valence-corrected chi connectivity index (χ3v) is 5.30. The highest BCUT2D eigenvalue weighted by Gasteiger charge is 2.53. The fraction of sp³-hybridized carbons (Fsp3) is 0.562. The quantitative estimate of drug-likeness (QED) is 0.440. The number of halogens is 1. The van der Waals surface area contributed by atoms with Crippen LogP contribution in [-0.2, 0) is 4.79 Å². The third-order valence-electron chi connectivity index (χ3n) is 4.63. The maximum Gasteiger partial charge on any atom is 0.316 e. The number of hydrogen-bond acceptors (Lipinski definition) is 3. The standard InChI is InChI=1S/C16H22INO2/c1-15(2)10-13(16(3,4)18(15)5)14(19)20-12-8-6-7-11(17)9-12/h6-9,13H,10H2,1-5H3. The molecule has 110 valence electrons. The maximum atomic E-state index is 12.5. The fourth-order valence-electron chi connectivity index (χ4n) is 2.99. The Hall–Kier alpha value is -0.620. The highest BCUT2D eigenvalue weighted by Crippen LogP contribution is 2.44. The second-order valence-electron chi connectivity index (χ2n) is 6.66. The Kier molecular flexibility index (Phi) is 4.17. The highest BCUT2D eigenvalue weighted by molar-refractivity contribution is 14.1. The van der Waals surface area contributed by atoms with Crippen LogP contribution in [0.1, 0.15) is 34.1 Å². The van der Waals surface area contributed by atoms with Crippen LogP contribution in [-0.4, -0.2) is 29.0 Å². The van der Waals surface area contributed by atoms with Gasteiger partial charge in [-0.05, 0) is 82.0 Å². The molecule has 1 aromatic rings. The van der Waals surface area contributed by atoms with Gasteiger partial charge in [0.2, 0.25) is 0 Å². The van der Waals surface area contributed by atoms with Crippen molar-refractivity contribution in [2.45, 2.75) is 45.2 Å². The van der Waals surface area contributed by atoms with Crippen LogP contribution in [0.3, 0.4) is 0 Å². The van der Waals surface area contributed by atoms with Crippen molar-refractivity contribution >= 4 is 28.6 Å². The zero-order chi connectivity index (χ0) is 15.1. The number of likely N-dealkylation sites (tertiary alicyclic amines) is 1. The van der Waals surface area contributed by atoms with Crippen LogP contribution in [0.4, 0.5) is 0 Å². The van der Waals surface area contributed by atoms with Gasteiger partial charge in [-0.25, -0.2) is 0 Å². The molecule has 1 unspecified atom stereocenters. The highest BCUT2D eigenvalue weighted by atomic mass is 127. The summed E-state index contributed by atoms with van der Waals surface area (Å²) in [5, 5.41) is 0. The van der Waals surface area contributed by atoms with E-state index in [4.69, 9.17) is 4.74 Å². The molecule has 2 rings (SSSR count). The monoisotopic (exact) mass is 387 g/mol. The topological polar surface area (TPSA) is 29.5 Å². The van der Waals surface area contributed by atoms with E-state index in [1.807, 2.05) is 24.3 Å². The summed E-state index contributed by atoms with van der Waals surface area (Å²) in [7, 11) is 2.08. The molecule has 0 spiro atoms. The van der Waals surface area contributed by atoms with E-state index in [9.17, 15) is 4.79 Å². The average Bonchev–Trinajstić information content (AvgIpc) is 2.50. The van der Waals surface area contributed by atoms with Gasteiger partial charge in [-0.3, -0.25) is 9.69 Å². The zero-order valence-corrected chi connectivity index (χ0v) is 14.9. The molecule has 0 aliphatic carbocycles. The molecule has 0 aromatic heterocycles. The van der Waals surface area contributed by atoms with E-state index in [-0.39, 0.29) is 23.0 Å². The van der Waals surface area contributed by atoms with E-state index in [0.717, 1.165) is 9.99 Å². The van der Waals surface area contributed by atoms with E-state index in [2.05, 4.69) is 62.2 Å². The zero-order valence-electron chi connectivity index (χ0n) is 12.7. The Balaban J connectivity index is 2.18. The van der Waals surface area contributed by atoms with Gasteiger partial charge in [0, 0.05) is 14.6 Å². The van der Waals surface area contributed by atoms with E-state index in [0.29, 0.717) is 5.75 Å². The summed E-state index contributed by atoms with van der Waals surface area (Å²) in [6.07, 6.45) is 0.819. The van der Waals surface area contributed by atoms with Crippen molar-refractivity contribution in [3.8, 4) is 5.75 Å². The molecule has 1 heterocycles. The molecule has 1 atom stereocenters. The molecule has 0 N–H and O–H groups in total. The summed E-state index contributed by atoms with van der Waals surface area (Å²) in [4.78, 5) is 14.8. The largest absolute Gasteiger partial charge is 0.426 e. The van der Waals surface area contributed by atoms with Crippen LogP contribution in [0.25, 0.3) is 0 Å². The SMILES string of the molecule is CN1C(C)(C)CC(C(=O)Oc2cccc(I)c2)C1(C)C. The second-order valence-corrected chi connectivity index (χ2v) is 7.91. The van der Waals surface area contributed by atoms with Gasteiger partial charge in [-0.15, -0.1) is 0 Å².